The summed E-state index contributed by atoms with van der Waals surface area (Å²) < 4.78 is 0. The molecule has 3 atom stereocenters. The summed E-state index contributed by atoms with van der Waals surface area (Å²) in [7, 11) is 0. The van der Waals surface area contributed by atoms with Gasteiger partial charge in [-0.25, -0.2) is 0 Å². The van der Waals surface area contributed by atoms with E-state index in [4.69, 9.17) is 0 Å². The van der Waals surface area contributed by atoms with Crippen LogP contribution in [0.15, 0.2) is 84.9 Å². The Morgan fingerprint density at radius 3 is 2.12 bits per heavy atom. The number of anilines is 1. The highest BCUT2D eigenvalue weighted by molar-refractivity contribution is 6.23. The second-order valence-electron chi connectivity index (χ2n) is 18.0. The molecule has 3 saturated heterocycles. The number of phenolic OH excluding ortho intramolecular Hbond substituents is 1. The zero-order chi connectivity index (χ0) is 41.1. The fraction of sp³-hybridized carbons (Fsp3) is 0.408. The fourth-order valence-electron chi connectivity index (χ4n) is 11.2. The maximum absolute atomic E-state index is 13.7. The number of carbonyl (C=O) groups is 5. The molecule has 6 aliphatic rings. The van der Waals surface area contributed by atoms with E-state index in [1.54, 1.807) is 12.1 Å². The highest BCUT2D eigenvalue weighted by Gasteiger charge is 2.45. The number of hydrogen-bond acceptors (Lipinski definition) is 8. The molecule has 4 aromatic rings. The van der Waals surface area contributed by atoms with Crippen LogP contribution >= 0.6 is 0 Å². The van der Waals surface area contributed by atoms with Crippen molar-refractivity contribution in [3.05, 3.63) is 129 Å². The average Bonchev–Trinajstić information content (AvgIpc) is 3.50. The van der Waals surface area contributed by atoms with Crippen LogP contribution < -0.4 is 10.2 Å². The van der Waals surface area contributed by atoms with Crippen LogP contribution in [0.4, 0.5) is 5.69 Å². The molecule has 3 fully saturated rings. The molecule has 5 aliphatic heterocycles. The summed E-state index contributed by atoms with van der Waals surface area (Å²) in [5.41, 5.74) is 9.24. The predicted octanol–water partition coefficient (Wildman–Crippen LogP) is 5.92. The Labute approximate surface area is 350 Å². The number of hydrogen-bond donors (Lipinski definition) is 2. The number of phenols is 1. The molecule has 2 N–H and O–H groups in total. The topological polar surface area (TPSA) is 131 Å². The van der Waals surface area contributed by atoms with E-state index in [0.717, 1.165) is 80.7 Å². The smallest absolute Gasteiger partial charge is 0.262 e. The maximum atomic E-state index is 13.7. The van der Waals surface area contributed by atoms with Crippen LogP contribution in [0, 0.1) is 5.41 Å². The molecule has 308 valence electrons. The standard InChI is InChI=1S/C49H51N5O6/c55-37-11-13-39-34(26-37)8-12-38(31-4-2-1-3-5-31)45(39)32-6-9-36(10-7-32)52-22-17-49(18-23-52)19-24-53(25-20-49)44(57)30-51-21-16-33-27-40-41(28-35(33)29-51)48(60)54(47(40)59)42-14-15-43(56)50-46(42)58/h1-7,9-11,13,26-28,38,42,45,55H,8,12,14-25,29-30H2,(H,50,56,58)/t38-,42?,45+/m1/s1. The number of rotatable bonds is 6. The first-order valence-corrected chi connectivity index (χ1v) is 21.7. The molecule has 0 saturated carbocycles. The first-order chi connectivity index (χ1) is 29.1. The molecule has 5 heterocycles. The third-order valence-corrected chi connectivity index (χ3v) is 14.6. The van der Waals surface area contributed by atoms with E-state index < -0.39 is 29.7 Å². The van der Waals surface area contributed by atoms with E-state index in [0.29, 0.717) is 43.3 Å². The van der Waals surface area contributed by atoms with E-state index in [2.05, 4.69) is 75.8 Å². The molecule has 11 nitrogen and oxygen atoms in total. The molecule has 1 aliphatic carbocycles. The maximum Gasteiger partial charge on any atom is 0.262 e. The molecule has 5 amide bonds. The van der Waals surface area contributed by atoms with Crippen molar-refractivity contribution in [2.45, 2.75) is 82.2 Å². The number of likely N-dealkylation sites (tertiary alicyclic amines) is 1. The largest absolute Gasteiger partial charge is 0.508 e. The first kappa shape index (κ1) is 38.4. The number of aromatic hydroxyl groups is 1. The fourth-order valence-corrected chi connectivity index (χ4v) is 11.2. The van der Waals surface area contributed by atoms with Gasteiger partial charge in [0.1, 0.15) is 11.8 Å². The molecule has 0 bridgehead atoms. The van der Waals surface area contributed by atoms with Crippen LogP contribution in [0.25, 0.3) is 0 Å². The molecule has 11 heteroatoms. The number of benzene rings is 4. The second-order valence-corrected chi connectivity index (χ2v) is 18.0. The summed E-state index contributed by atoms with van der Waals surface area (Å²) in [6, 6.07) is 28.5. The van der Waals surface area contributed by atoms with E-state index in [1.807, 2.05) is 17.0 Å². The minimum absolute atomic E-state index is 0.0809. The third kappa shape index (κ3) is 6.96. The van der Waals surface area contributed by atoms with Crippen molar-refractivity contribution < 1.29 is 29.1 Å². The summed E-state index contributed by atoms with van der Waals surface area (Å²) in [6.45, 7) is 5.03. The van der Waals surface area contributed by atoms with Gasteiger partial charge in [0.15, 0.2) is 0 Å². The van der Waals surface area contributed by atoms with Gasteiger partial charge in [-0.1, -0.05) is 48.5 Å². The number of fused-ring (bicyclic) bond motifs is 3. The van der Waals surface area contributed by atoms with Crippen molar-refractivity contribution in [3.8, 4) is 5.75 Å². The minimum Gasteiger partial charge on any atom is -0.508 e. The predicted molar refractivity (Wildman–Crippen MR) is 226 cm³/mol. The summed E-state index contributed by atoms with van der Waals surface area (Å²) in [5, 5.41) is 12.5. The minimum atomic E-state index is -0.992. The van der Waals surface area contributed by atoms with Gasteiger partial charge in [0, 0.05) is 57.3 Å². The Balaban J connectivity index is 0.735. The van der Waals surface area contributed by atoms with Gasteiger partial charge in [0.25, 0.3) is 11.8 Å². The Kier molecular flexibility index (Phi) is 9.82. The number of carbonyl (C=O) groups excluding carboxylic acids is 5. The van der Waals surface area contributed by atoms with Crippen LogP contribution in [0.3, 0.4) is 0 Å². The summed E-state index contributed by atoms with van der Waals surface area (Å²) >= 11 is 0. The van der Waals surface area contributed by atoms with Gasteiger partial charge < -0.3 is 14.9 Å². The van der Waals surface area contributed by atoms with Gasteiger partial charge in [0.05, 0.1) is 17.7 Å². The van der Waals surface area contributed by atoms with E-state index >= 15 is 0 Å². The number of aryl methyl sites for hydroxylation is 1. The van der Waals surface area contributed by atoms with Gasteiger partial charge in [0.2, 0.25) is 17.7 Å². The lowest BCUT2D eigenvalue weighted by atomic mass is 9.69. The van der Waals surface area contributed by atoms with E-state index in [-0.39, 0.29) is 35.6 Å². The SMILES string of the molecule is O=C1CCC(N2C(=O)c3cc4c(cc3C2=O)CN(CC(=O)N2CCC3(CC2)CCN(c2ccc([C@@H]5c6ccc(O)cc6CC[C@@H]5c5ccccc5)cc2)CC3)CC4)C(=O)N1. The van der Waals surface area contributed by atoms with Crippen LogP contribution in [-0.4, -0.2) is 94.7 Å². The Morgan fingerprint density at radius 1 is 0.700 bits per heavy atom. The normalized spacial score (nSPS) is 23.9. The van der Waals surface area contributed by atoms with E-state index in [9.17, 15) is 29.1 Å². The highest BCUT2D eigenvalue weighted by Crippen LogP contribution is 2.48. The van der Waals surface area contributed by atoms with Crippen molar-refractivity contribution >= 4 is 35.2 Å². The lowest BCUT2D eigenvalue weighted by Gasteiger charge is -2.47. The van der Waals surface area contributed by atoms with E-state index in [1.165, 1.54) is 27.9 Å². The molecule has 0 radical (unpaired) electrons. The molecule has 60 heavy (non-hydrogen) atoms. The third-order valence-electron chi connectivity index (χ3n) is 14.6. The zero-order valence-electron chi connectivity index (χ0n) is 33.9. The van der Waals surface area contributed by atoms with Crippen LogP contribution in [0.2, 0.25) is 0 Å². The van der Waals surface area contributed by atoms with Gasteiger partial charge in [-0.05, 0) is 132 Å². The molecule has 1 unspecified atom stereocenters. The molecule has 1 spiro atoms. The molecular formula is C49H51N5O6. The monoisotopic (exact) mass is 805 g/mol. The number of piperidine rings is 3. The number of amides is 5. The first-order valence-electron chi connectivity index (χ1n) is 21.7. The van der Waals surface area contributed by atoms with Crippen molar-refractivity contribution in [1.29, 1.82) is 0 Å². The van der Waals surface area contributed by atoms with Crippen molar-refractivity contribution in [3.63, 3.8) is 0 Å². The molecular weight excluding hydrogens is 755 g/mol. The lowest BCUT2D eigenvalue weighted by Crippen LogP contribution is -2.54. The van der Waals surface area contributed by atoms with Crippen LogP contribution in [0.5, 0.6) is 5.75 Å². The number of nitrogens with zero attached hydrogens (tertiary/aromatic N) is 4. The van der Waals surface area contributed by atoms with Crippen LogP contribution in [-0.2, 0) is 33.8 Å². The van der Waals surface area contributed by atoms with Gasteiger partial charge in [-0.3, -0.25) is 39.1 Å². The Hall–Kier alpha value is -5.81. The van der Waals surface area contributed by atoms with Crippen molar-refractivity contribution in [1.82, 2.24) is 20.0 Å². The highest BCUT2D eigenvalue weighted by atomic mass is 16.3. The average molecular weight is 806 g/mol. The van der Waals surface area contributed by atoms with Gasteiger partial charge in [-0.2, -0.15) is 0 Å². The number of nitrogens with one attached hydrogen (secondary N) is 1. The lowest BCUT2D eigenvalue weighted by molar-refractivity contribution is -0.137. The summed E-state index contributed by atoms with van der Waals surface area (Å²) in [6.07, 6.45) is 7.11. The Morgan fingerprint density at radius 2 is 1.40 bits per heavy atom. The van der Waals surface area contributed by atoms with Crippen molar-refractivity contribution in [2.24, 2.45) is 5.41 Å². The van der Waals surface area contributed by atoms with Crippen molar-refractivity contribution in [2.75, 3.05) is 44.2 Å². The molecule has 10 rings (SSSR count). The van der Waals surface area contributed by atoms with Crippen LogP contribution in [0.1, 0.15) is 111 Å². The summed E-state index contributed by atoms with van der Waals surface area (Å²) in [5.74, 6) is -0.942. The zero-order valence-corrected chi connectivity index (χ0v) is 33.9. The number of imide groups is 2. The quantitative estimate of drug-likeness (QED) is 0.230. The Bertz CT molecular complexity index is 2380. The summed E-state index contributed by atoms with van der Waals surface area (Å²) in [4.78, 5) is 72.3. The molecule has 0 aromatic heterocycles. The molecule has 4 aromatic carbocycles. The van der Waals surface area contributed by atoms with Gasteiger partial charge >= 0.3 is 0 Å². The second kappa shape index (κ2) is 15.3. The van der Waals surface area contributed by atoms with Gasteiger partial charge in [-0.15, -0.1) is 0 Å².